The quantitative estimate of drug-likeness (QED) is 0.0363. The van der Waals surface area contributed by atoms with E-state index in [1.54, 1.807) is 60.9 Å². The van der Waals surface area contributed by atoms with E-state index < -0.39 is 109 Å². The lowest BCUT2D eigenvalue weighted by Gasteiger charge is -2.26. The fraction of sp³-hybridized carbons (Fsp3) is 0.419. The number of carbonyl (C=O) groups is 9. The molecular formula is C43H56N10O12. The monoisotopic (exact) mass is 904 g/mol. The number of benzene rings is 2. The van der Waals surface area contributed by atoms with Crippen LogP contribution in [0.1, 0.15) is 57.6 Å². The van der Waals surface area contributed by atoms with Crippen molar-refractivity contribution < 1.29 is 58.5 Å². The van der Waals surface area contributed by atoms with Crippen molar-refractivity contribution in [1.29, 1.82) is 0 Å². The molecule has 0 spiro atoms. The minimum Gasteiger partial charge on any atom is -0.481 e. The number of fused-ring (bicyclic) bond motifs is 2. The summed E-state index contributed by atoms with van der Waals surface area (Å²) in [6.45, 7) is 3.89. The number of amides is 7. The van der Waals surface area contributed by atoms with Crippen molar-refractivity contribution >= 4 is 75.1 Å². The molecule has 0 radical (unpaired) electrons. The number of para-hydroxylation sites is 2. The van der Waals surface area contributed by atoms with E-state index in [4.69, 9.17) is 11.5 Å². The summed E-state index contributed by atoms with van der Waals surface area (Å²) in [7, 11) is 0. The van der Waals surface area contributed by atoms with Crippen molar-refractivity contribution in [3.05, 3.63) is 72.1 Å². The van der Waals surface area contributed by atoms with E-state index in [2.05, 4.69) is 41.9 Å². The van der Waals surface area contributed by atoms with Crippen LogP contribution in [0.4, 0.5) is 0 Å². The number of aliphatic carboxylic acids is 2. The molecule has 15 N–H and O–H groups in total. The third-order valence-electron chi connectivity index (χ3n) is 10.4. The van der Waals surface area contributed by atoms with Crippen molar-refractivity contribution in [2.75, 3.05) is 6.61 Å². The molecule has 7 unspecified atom stereocenters. The Morgan fingerprint density at radius 3 is 1.52 bits per heavy atom. The number of aliphatic hydroxyl groups excluding tert-OH is 1. The SMILES string of the molecule is CC(C)CC(N)C(=O)NC(CC(=O)O)C(=O)NC(Cc1c[nH]c2ccccc12)C(=O)NC(CO)C(=O)NC(Cc1c[nH]c2ccccc12)C(=O)NC(C)C(=O)NC(CCC(N)=O)C(=O)O. The number of carboxylic acids is 2. The topological polar surface area (TPSA) is 370 Å². The van der Waals surface area contributed by atoms with Crippen molar-refractivity contribution in [3.63, 3.8) is 0 Å². The molecule has 2 heterocycles. The molecule has 7 atom stereocenters. The molecule has 22 heteroatoms. The van der Waals surface area contributed by atoms with E-state index in [-0.39, 0.29) is 38.0 Å². The van der Waals surface area contributed by atoms with Crippen LogP contribution in [0, 0.1) is 5.92 Å². The lowest BCUT2D eigenvalue weighted by molar-refractivity contribution is -0.142. The van der Waals surface area contributed by atoms with Gasteiger partial charge in [-0.3, -0.25) is 38.4 Å². The molecular weight excluding hydrogens is 849 g/mol. The largest absolute Gasteiger partial charge is 0.481 e. The molecule has 4 aromatic rings. The Kier molecular flexibility index (Phi) is 18.1. The maximum Gasteiger partial charge on any atom is 0.326 e. The molecule has 22 nitrogen and oxygen atoms in total. The average molecular weight is 905 g/mol. The number of H-pyrrole nitrogens is 2. The van der Waals surface area contributed by atoms with Gasteiger partial charge in [-0.1, -0.05) is 50.2 Å². The maximum atomic E-state index is 14.1. The molecule has 0 saturated carbocycles. The number of hydrogen-bond donors (Lipinski definition) is 13. The van der Waals surface area contributed by atoms with Crippen molar-refractivity contribution in [1.82, 2.24) is 41.9 Å². The van der Waals surface area contributed by atoms with Crippen LogP contribution >= 0.6 is 0 Å². The standard InChI is InChI=1S/C43H56N10O12/c1-21(2)14-27(44)38(59)50-33(17-36(56)57)41(62)51-32(16-24-19-47-29-11-7-5-9-26(24)29)40(61)53-34(20-54)42(63)52-31(15-23-18-46-28-10-6-4-8-25(23)28)39(60)48-22(3)37(58)49-30(43(64)65)12-13-35(45)55/h4-11,18-19,21-22,27,30-34,46-47,54H,12-17,20,44H2,1-3H3,(H2,45,55)(H,48,60)(H,49,58)(H,50,59)(H,51,62)(H,52,63)(H,53,61)(H,56,57)(H,64,65). The van der Waals surface area contributed by atoms with Crippen LogP contribution in [0.2, 0.25) is 0 Å². The highest BCUT2D eigenvalue weighted by Gasteiger charge is 2.34. The average Bonchev–Trinajstić information content (AvgIpc) is 3.86. The molecule has 4 rings (SSSR count). The highest BCUT2D eigenvalue weighted by Crippen LogP contribution is 2.21. The second-order valence-electron chi connectivity index (χ2n) is 16.0. The zero-order valence-corrected chi connectivity index (χ0v) is 36.0. The van der Waals surface area contributed by atoms with E-state index in [1.807, 2.05) is 13.8 Å². The van der Waals surface area contributed by atoms with E-state index in [9.17, 15) is 58.5 Å². The van der Waals surface area contributed by atoms with Gasteiger partial charge >= 0.3 is 11.9 Å². The number of aliphatic hydroxyl groups is 1. The number of carbonyl (C=O) groups excluding carboxylic acids is 7. The number of nitrogens with one attached hydrogen (secondary N) is 8. The molecule has 350 valence electrons. The molecule has 0 bridgehead atoms. The first kappa shape index (κ1) is 50.3. The van der Waals surface area contributed by atoms with Crippen molar-refractivity contribution in [2.24, 2.45) is 17.4 Å². The van der Waals surface area contributed by atoms with Gasteiger partial charge in [0.15, 0.2) is 0 Å². The molecule has 0 aliphatic heterocycles. The Bertz CT molecular complexity index is 2380. The van der Waals surface area contributed by atoms with E-state index in [1.165, 1.54) is 6.92 Å². The summed E-state index contributed by atoms with van der Waals surface area (Å²) < 4.78 is 0. The van der Waals surface area contributed by atoms with E-state index in [0.717, 1.165) is 0 Å². The van der Waals surface area contributed by atoms with Gasteiger partial charge in [0.25, 0.3) is 0 Å². The molecule has 7 amide bonds. The molecule has 0 fully saturated rings. The van der Waals surface area contributed by atoms with Gasteiger partial charge in [0.1, 0.15) is 36.3 Å². The van der Waals surface area contributed by atoms with E-state index >= 15 is 0 Å². The van der Waals surface area contributed by atoms with Crippen LogP contribution in [0.5, 0.6) is 0 Å². The van der Waals surface area contributed by atoms with Gasteiger partial charge in [0.05, 0.1) is 19.1 Å². The maximum absolute atomic E-state index is 14.1. The number of aromatic amines is 2. The summed E-state index contributed by atoms with van der Waals surface area (Å²) in [5.41, 5.74) is 13.6. The van der Waals surface area contributed by atoms with Crippen LogP contribution in [-0.4, -0.2) is 127 Å². The molecule has 0 aliphatic carbocycles. The molecule has 2 aromatic carbocycles. The van der Waals surface area contributed by atoms with Crippen LogP contribution in [0.3, 0.4) is 0 Å². The van der Waals surface area contributed by atoms with Crippen LogP contribution in [0.15, 0.2) is 60.9 Å². The van der Waals surface area contributed by atoms with Gasteiger partial charge in [-0.05, 0) is 48.9 Å². The van der Waals surface area contributed by atoms with Crippen molar-refractivity contribution in [2.45, 2.75) is 102 Å². The predicted molar refractivity (Wildman–Crippen MR) is 234 cm³/mol. The number of carboxylic acid groups (broad SMARTS) is 2. The Labute approximate surface area is 372 Å². The second-order valence-corrected chi connectivity index (χ2v) is 16.0. The van der Waals surface area contributed by atoms with Gasteiger partial charge < -0.3 is 68.7 Å². The highest BCUT2D eigenvalue weighted by atomic mass is 16.4. The molecule has 65 heavy (non-hydrogen) atoms. The third kappa shape index (κ3) is 14.6. The van der Waals surface area contributed by atoms with E-state index in [0.29, 0.717) is 32.9 Å². The molecule has 0 aliphatic rings. The number of primary amides is 1. The lowest BCUT2D eigenvalue weighted by atomic mass is 10.0. The Balaban J connectivity index is 1.59. The normalized spacial score (nSPS) is 14.5. The first-order chi connectivity index (χ1) is 30.8. The number of nitrogens with two attached hydrogens (primary N) is 2. The molecule has 0 saturated heterocycles. The fourth-order valence-corrected chi connectivity index (χ4v) is 6.97. The predicted octanol–water partition coefficient (Wildman–Crippen LogP) is -1.45. The number of hydrogen-bond acceptors (Lipinski definition) is 11. The molecule has 2 aromatic heterocycles. The highest BCUT2D eigenvalue weighted by molar-refractivity contribution is 5.98. The van der Waals surface area contributed by atoms with Gasteiger partial charge in [-0.15, -0.1) is 0 Å². The zero-order valence-electron chi connectivity index (χ0n) is 36.0. The number of rotatable bonds is 25. The summed E-state index contributed by atoms with van der Waals surface area (Å²) in [5, 5.41) is 45.4. The minimum absolute atomic E-state index is 0.00298. The summed E-state index contributed by atoms with van der Waals surface area (Å²) in [5.74, 6) is -9.45. The number of aromatic nitrogens is 2. The lowest BCUT2D eigenvalue weighted by Crippen LogP contribution is -2.61. The summed E-state index contributed by atoms with van der Waals surface area (Å²) >= 11 is 0. The second kappa shape index (κ2) is 23.4. The minimum atomic E-state index is -1.76. The first-order valence-electron chi connectivity index (χ1n) is 20.8. The Morgan fingerprint density at radius 1 is 0.600 bits per heavy atom. The van der Waals surface area contributed by atoms with Crippen molar-refractivity contribution in [3.8, 4) is 0 Å². The summed E-state index contributed by atoms with van der Waals surface area (Å²) in [6.07, 6.45) is 1.49. The van der Waals surface area contributed by atoms with Crippen LogP contribution in [-0.2, 0) is 56.0 Å². The zero-order chi connectivity index (χ0) is 48.0. The van der Waals surface area contributed by atoms with Gasteiger partial charge in [0, 0.05) is 53.5 Å². The van der Waals surface area contributed by atoms with Crippen LogP contribution in [0.25, 0.3) is 21.8 Å². The summed E-state index contributed by atoms with van der Waals surface area (Å²) in [4.78, 5) is 123. The van der Waals surface area contributed by atoms with Gasteiger partial charge in [-0.2, -0.15) is 0 Å². The first-order valence-corrected chi connectivity index (χ1v) is 20.8. The summed E-state index contributed by atoms with van der Waals surface area (Å²) in [6, 6.07) is 3.71. The van der Waals surface area contributed by atoms with Gasteiger partial charge in [-0.25, -0.2) is 4.79 Å². The fourth-order valence-electron chi connectivity index (χ4n) is 6.97. The van der Waals surface area contributed by atoms with Crippen LogP contribution < -0.4 is 43.4 Å². The smallest absolute Gasteiger partial charge is 0.326 e. The third-order valence-corrected chi connectivity index (χ3v) is 10.4. The van der Waals surface area contributed by atoms with Gasteiger partial charge in [0.2, 0.25) is 41.4 Å². The Hall–Kier alpha value is -7.33. The Morgan fingerprint density at radius 2 is 1.05 bits per heavy atom.